The molecule has 0 spiro atoms. The Kier molecular flexibility index (Phi) is 6.44. The fourth-order valence-electron chi connectivity index (χ4n) is 4.32. The van der Waals surface area contributed by atoms with Gasteiger partial charge in [-0.1, -0.05) is 62.2 Å². The Morgan fingerprint density at radius 1 is 1.19 bits per heavy atom. The van der Waals surface area contributed by atoms with E-state index >= 15 is 0 Å². The fraction of sp³-hybridized carbons (Fsp3) is 0.360. The summed E-state index contributed by atoms with van der Waals surface area (Å²) in [6, 6.07) is 13.2. The van der Waals surface area contributed by atoms with Crippen molar-refractivity contribution in [2.24, 2.45) is 11.8 Å². The number of carbonyl (C=O) groups is 2. The minimum atomic E-state index is -0.0928. The van der Waals surface area contributed by atoms with Gasteiger partial charge in [-0.15, -0.1) is 0 Å². The minimum Gasteiger partial charge on any atom is -0.349 e. The molecule has 31 heavy (non-hydrogen) atoms. The van der Waals surface area contributed by atoms with Gasteiger partial charge in [0.1, 0.15) is 0 Å². The third-order valence-electron chi connectivity index (χ3n) is 6.49. The SMILES string of the molecule is C[C@H]1[C@H](C)CCC[C@H]1NC(=O)c1ccc2c(c1)N(C)C(=O)/C(=C/c1cccc(Cl)c1)S2. The number of benzene rings is 2. The van der Waals surface area contributed by atoms with Gasteiger partial charge in [0.25, 0.3) is 11.8 Å². The van der Waals surface area contributed by atoms with Gasteiger partial charge in [0.15, 0.2) is 0 Å². The quantitative estimate of drug-likeness (QED) is 0.578. The molecule has 1 fully saturated rings. The van der Waals surface area contributed by atoms with E-state index in [0.29, 0.717) is 27.3 Å². The first-order valence-electron chi connectivity index (χ1n) is 10.7. The maximum absolute atomic E-state index is 13.0. The zero-order chi connectivity index (χ0) is 22.1. The zero-order valence-corrected chi connectivity index (χ0v) is 19.6. The average Bonchev–Trinajstić information content (AvgIpc) is 2.75. The van der Waals surface area contributed by atoms with Crippen LogP contribution in [0.4, 0.5) is 5.69 Å². The van der Waals surface area contributed by atoms with Crippen molar-refractivity contribution in [2.75, 3.05) is 11.9 Å². The largest absolute Gasteiger partial charge is 0.349 e. The predicted octanol–water partition coefficient (Wildman–Crippen LogP) is 6.00. The maximum Gasteiger partial charge on any atom is 0.264 e. The second kappa shape index (κ2) is 9.09. The zero-order valence-electron chi connectivity index (χ0n) is 18.0. The Balaban J connectivity index is 1.55. The molecular weight excluding hydrogens is 428 g/mol. The van der Waals surface area contributed by atoms with Crippen LogP contribution in [0.1, 0.15) is 49.0 Å². The van der Waals surface area contributed by atoms with E-state index in [1.807, 2.05) is 48.5 Å². The van der Waals surface area contributed by atoms with Gasteiger partial charge in [-0.3, -0.25) is 9.59 Å². The first-order chi connectivity index (χ1) is 14.8. The molecule has 1 aliphatic heterocycles. The van der Waals surface area contributed by atoms with Crippen molar-refractivity contribution < 1.29 is 9.59 Å². The summed E-state index contributed by atoms with van der Waals surface area (Å²) in [6.45, 7) is 4.48. The molecule has 2 aromatic rings. The number of thioether (sulfide) groups is 1. The van der Waals surface area contributed by atoms with Crippen molar-refractivity contribution in [2.45, 2.75) is 44.0 Å². The number of carbonyl (C=O) groups excluding carboxylic acids is 2. The number of nitrogens with one attached hydrogen (secondary N) is 1. The third-order valence-corrected chi connectivity index (χ3v) is 7.80. The Hall–Kier alpha value is -2.24. The summed E-state index contributed by atoms with van der Waals surface area (Å²) in [4.78, 5) is 29.1. The van der Waals surface area contributed by atoms with E-state index in [0.717, 1.165) is 29.0 Å². The number of likely N-dealkylation sites (N-methyl/N-ethyl adjacent to an activating group) is 1. The lowest BCUT2D eigenvalue weighted by Crippen LogP contribution is -2.43. The van der Waals surface area contributed by atoms with Gasteiger partial charge in [0.05, 0.1) is 10.6 Å². The van der Waals surface area contributed by atoms with Crippen LogP contribution in [0.25, 0.3) is 6.08 Å². The van der Waals surface area contributed by atoms with E-state index in [2.05, 4.69) is 19.2 Å². The summed E-state index contributed by atoms with van der Waals surface area (Å²) < 4.78 is 0. The molecule has 2 amide bonds. The molecule has 0 aromatic heterocycles. The topological polar surface area (TPSA) is 49.4 Å². The number of anilines is 1. The third kappa shape index (κ3) is 4.68. The standard InChI is InChI=1S/C25H27ClN2O2S/c1-15-6-4-9-20(16(15)2)27-24(29)18-10-11-22-21(14-18)28(3)25(30)23(31-22)13-17-7-5-8-19(26)12-17/h5,7-8,10-16,20H,4,6,9H2,1-3H3,(H,27,29)/b23-13-/t15-,16+,20-/m1/s1. The summed E-state index contributed by atoms with van der Waals surface area (Å²) in [6.07, 6.45) is 5.25. The molecule has 1 N–H and O–H groups in total. The molecule has 0 radical (unpaired) electrons. The summed E-state index contributed by atoms with van der Waals surface area (Å²) in [5.74, 6) is 0.923. The normalized spacial score (nSPS) is 24.8. The molecule has 6 heteroatoms. The molecular formula is C25H27ClN2O2S. The Bertz CT molecular complexity index is 1050. The van der Waals surface area contributed by atoms with Crippen LogP contribution in [0.15, 0.2) is 52.3 Å². The van der Waals surface area contributed by atoms with E-state index < -0.39 is 0 Å². The highest BCUT2D eigenvalue weighted by atomic mass is 35.5. The highest BCUT2D eigenvalue weighted by Crippen LogP contribution is 2.42. The van der Waals surface area contributed by atoms with Crippen molar-refractivity contribution in [3.63, 3.8) is 0 Å². The lowest BCUT2D eigenvalue weighted by molar-refractivity contribution is -0.114. The van der Waals surface area contributed by atoms with Crippen molar-refractivity contribution in [3.8, 4) is 0 Å². The van der Waals surface area contributed by atoms with Gasteiger partial charge < -0.3 is 10.2 Å². The summed E-state index contributed by atoms with van der Waals surface area (Å²) >= 11 is 7.49. The molecule has 0 saturated heterocycles. The van der Waals surface area contributed by atoms with Gasteiger partial charge in [-0.25, -0.2) is 0 Å². The van der Waals surface area contributed by atoms with Gasteiger partial charge in [0, 0.05) is 28.6 Å². The second-order valence-corrected chi connectivity index (χ2v) is 10.1. The first kappa shape index (κ1) is 22.0. The molecule has 1 heterocycles. The van der Waals surface area contributed by atoms with Gasteiger partial charge in [-0.05, 0) is 60.2 Å². The average molecular weight is 455 g/mol. The Morgan fingerprint density at radius 3 is 2.77 bits per heavy atom. The molecule has 4 rings (SSSR count). The smallest absolute Gasteiger partial charge is 0.264 e. The van der Waals surface area contributed by atoms with Crippen LogP contribution in [-0.4, -0.2) is 24.9 Å². The number of hydrogen-bond donors (Lipinski definition) is 1. The fourth-order valence-corrected chi connectivity index (χ4v) is 5.61. The van der Waals surface area contributed by atoms with E-state index in [4.69, 9.17) is 11.6 Å². The van der Waals surface area contributed by atoms with Crippen molar-refractivity contribution in [3.05, 3.63) is 63.5 Å². The van der Waals surface area contributed by atoms with E-state index in [9.17, 15) is 9.59 Å². The predicted molar refractivity (Wildman–Crippen MR) is 129 cm³/mol. The van der Waals surface area contributed by atoms with Crippen LogP contribution in [0.2, 0.25) is 5.02 Å². The lowest BCUT2D eigenvalue weighted by Gasteiger charge is -2.34. The van der Waals surface area contributed by atoms with Crippen molar-refractivity contribution in [1.29, 1.82) is 0 Å². The molecule has 1 saturated carbocycles. The highest BCUT2D eigenvalue weighted by Gasteiger charge is 2.30. The van der Waals surface area contributed by atoms with Crippen LogP contribution < -0.4 is 10.2 Å². The molecule has 0 bridgehead atoms. The maximum atomic E-state index is 13.0. The molecule has 0 unspecified atom stereocenters. The summed E-state index contributed by atoms with van der Waals surface area (Å²) in [5, 5.41) is 3.85. The molecule has 162 valence electrons. The molecule has 3 atom stereocenters. The van der Waals surface area contributed by atoms with E-state index in [-0.39, 0.29) is 17.9 Å². The van der Waals surface area contributed by atoms with Crippen molar-refractivity contribution in [1.82, 2.24) is 5.32 Å². The number of nitrogens with zero attached hydrogens (tertiary/aromatic N) is 1. The van der Waals surface area contributed by atoms with Gasteiger partial charge in [-0.2, -0.15) is 0 Å². The van der Waals surface area contributed by atoms with Crippen LogP contribution in [-0.2, 0) is 4.79 Å². The van der Waals surface area contributed by atoms with E-state index in [1.165, 1.54) is 18.2 Å². The molecule has 2 aromatic carbocycles. The minimum absolute atomic E-state index is 0.0696. The molecule has 2 aliphatic rings. The second-order valence-electron chi connectivity index (χ2n) is 8.56. The van der Waals surface area contributed by atoms with Crippen LogP contribution >= 0.6 is 23.4 Å². The number of hydrogen-bond acceptors (Lipinski definition) is 3. The number of amides is 2. The number of fused-ring (bicyclic) bond motifs is 1. The van der Waals surface area contributed by atoms with Crippen LogP contribution in [0, 0.1) is 11.8 Å². The van der Waals surface area contributed by atoms with Gasteiger partial charge in [0.2, 0.25) is 0 Å². The Labute approximate surface area is 193 Å². The van der Waals surface area contributed by atoms with Crippen molar-refractivity contribution >= 4 is 46.9 Å². The summed E-state index contributed by atoms with van der Waals surface area (Å²) in [5.41, 5.74) is 2.23. The number of rotatable bonds is 3. The highest BCUT2D eigenvalue weighted by molar-refractivity contribution is 8.04. The number of halogens is 1. The van der Waals surface area contributed by atoms with Crippen LogP contribution in [0.5, 0.6) is 0 Å². The molecule has 1 aliphatic carbocycles. The monoisotopic (exact) mass is 454 g/mol. The first-order valence-corrected chi connectivity index (χ1v) is 11.9. The van der Waals surface area contributed by atoms with Crippen LogP contribution in [0.3, 0.4) is 0 Å². The molecule has 4 nitrogen and oxygen atoms in total. The van der Waals surface area contributed by atoms with E-state index in [1.54, 1.807) is 11.9 Å². The lowest BCUT2D eigenvalue weighted by atomic mass is 9.78. The van der Waals surface area contributed by atoms with Gasteiger partial charge >= 0.3 is 0 Å². The Morgan fingerprint density at radius 2 is 2.00 bits per heavy atom. The summed E-state index contributed by atoms with van der Waals surface area (Å²) in [7, 11) is 1.75.